The fourth-order valence-corrected chi connectivity index (χ4v) is 0.785. The molecular formula is C10H15Cl2Sn. The molecule has 0 N–H and O–H groups in total. The third kappa shape index (κ3) is 8.96. The third-order valence-electron chi connectivity index (χ3n) is 1.41. The molecule has 0 unspecified atom stereocenters. The van der Waals surface area contributed by atoms with Crippen molar-refractivity contribution in [2.45, 2.75) is 21.3 Å². The molecule has 0 aromatic heterocycles. The van der Waals surface area contributed by atoms with Crippen molar-refractivity contribution in [2.24, 2.45) is 5.92 Å². The fourth-order valence-electron chi connectivity index (χ4n) is 0.785. The zero-order valence-corrected chi connectivity index (χ0v) is 11.5. The van der Waals surface area contributed by atoms with E-state index in [1.165, 1.54) is 5.57 Å². The molecule has 1 aliphatic rings. The van der Waals surface area contributed by atoms with Crippen LogP contribution < -0.4 is 24.8 Å². The van der Waals surface area contributed by atoms with Crippen molar-refractivity contribution < 1.29 is 24.8 Å². The minimum absolute atomic E-state index is 0. The van der Waals surface area contributed by atoms with Crippen LogP contribution in [0, 0.1) is 12.3 Å². The molecule has 1 aliphatic carbocycles. The summed E-state index contributed by atoms with van der Waals surface area (Å²) in [7, 11) is 0. The maximum Gasteiger partial charge on any atom is 2.00 e. The van der Waals surface area contributed by atoms with Gasteiger partial charge < -0.3 is 24.8 Å². The molecule has 0 aromatic carbocycles. The molecule has 0 aromatic rings. The van der Waals surface area contributed by atoms with Crippen LogP contribution in [0.1, 0.15) is 21.3 Å². The number of hydrogen-bond donors (Lipinski definition) is 0. The van der Waals surface area contributed by atoms with Crippen molar-refractivity contribution in [3.05, 3.63) is 36.0 Å². The Labute approximate surface area is 111 Å². The molecule has 0 fully saturated rings. The summed E-state index contributed by atoms with van der Waals surface area (Å²) in [4.78, 5) is 0. The van der Waals surface area contributed by atoms with E-state index in [1.807, 2.05) is 12.2 Å². The van der Waals surface area contributed by atoms with E-state index in [4.69, 9.17) is 0 Å². The average molecular weight is 325 g/mol. The van der Waals surface area contributed by atoms with E-state index in [0.29, 0.717) is 5.92 Å². The second-order valence-corrected chi connectivity index (χ2v) is 2.49. The summed E-state index contributed by atoms with van der Waals surface area (Å²) in [5.41, 5.74) is 4.37. The number of allylic oxidation sites excluding steroid dienone is 3. The van der Waals surface area contributed by atoms with Crippen molar-refractivity contribution in [2.75, 3.05) is 0 Å². The first-order valence-electron chi connectivity index (χ1n) is 3.26. The van der Waals surface area contributed by atoms with Crippen molar-refractivity contribution in [3.8, 4) is 0 Å². The standard InChI is InChI=1S/C9H11.CH4.2ClH.Sn/c1-8(2)9-6-4-3-5-7-9;;;;/h4-8H,1-2H3;1H4;2*1H;/q;;;;+2/p-2. The van der Waals surface area contributed by atoms with Gasteiger partial charge in [0, 0.05) is 6.42 Å². The van der Waals surface area contributed by atoms with E-state index in [-0.39, 0.29) is 56.1 Å². The van der Waals surface area contributed by atoms with Crippen molar-refractivity contribution in [3.63, 3.8) is 0 Å². The summed E-state index contributed by atoms with van der Waals surface area (Å²) in [6.45, 7) is 4.38. The molecule has 1 rings (SSSR count). The topological polar surface area (TPSA) is 0 Å². The third-order valence-corrected chi connectivity index (χ3v) is 1.41. The van der Waals surface area contributed by atoms with Gasteiger partial charge in [-0.1, -0.05) is 32.9 Å². The summed E-state index contributed by atoms with van der Waals surface area (Å²) in [5.74, 6) is 0.639. The van der Waals surface area contributed by atoms with Gasteiger partial charge in [0.2, 0.25) is 0 Å². The van der Waals surface area contributed by atoms with Crippen LogP contribution >= 0.6 is 0 Å². The second-order valence-electron chi connectivity index (χ2n) is 2.49. The van der Waals surface area contributed by atoms with E-state index in [9.17, 15) is 0 Å². The Hall–Kier alpha value is 0.639. The molecule has 0 saturated carbocycles. The molecule has 0 heterocycles. The van der Waals surface area contributed by atoms with Crippen LogP contribution in [0.25, 0.3) is 0 Å². The van der Waals surface area contributed by atoms with Gasteiger partial charge in [0.25, 0.3) is 0 Å². The largest absolute Gasteiger partial charge is 2.00 e. The van der Waals surface area contributed by atoms with Gasteiger partial charge in [-0.3, -0.25) is 0 Å². The van der Waals surface area contributed by atoms with Gasteiger partial charge in [0.15, 0.2) is 0 Å². The van der Waals surface area contributed by atoms with E-state index in [1.54, 1.807) is 0 Å². The first kappa shape index (κ1) is 23.4. The predicted octanol–water partition coefficient (Wildman–Crippen LogP) is -3.24. The van der Waals surface area contributed by atoms with Crippen LogP contribution in [0.4, 0.5) is 0 Å². The fraction of sp³-hybridized carbons (Fsp3) is 0.400. The van der Waals surface area contributed by atoms with E-state index >= 15 is 0 Å². The SMILES string of the molecule is C.CC(C)C1=CC=C=C[CH]1.[Cl-].[Cl-].[Sn+2]. The summed E-state index contributed by atoms with van der Waals surface area (Å²) in [5, 5.41) is 0. The normalized spacial score (nSPS) is 11.5. The quantitative estimate of drug-likeness (QED) is 0.351. The Balaban J connectivity index is -0.000000101. The van der Waals surface area contributed by atoms with Crippen LogP contribution in [0.3, 0.4) is 0 Å². The Morgan fingerprint density at radius 2 is 1.69 bits per heavy atom. The molecule has 73 valence electrons. The number of hydrogen-bond acceptors (Lipinski definition) is 0. The molecule has 0 spiro atoms. The van der Waals surface area contributed by atoms with Gasteiger partial charge >= 0.3 is 23.9 Å². The molecule has 13 heavy (non-hydrogen) atoms. The van der Waals surface area contributed by atoms with Gasteiger partial charge in [0.05, 0.1) is 0 Å². The molecular weight excluding hydrogens is 310 g/mol. The summed E-state index contributed by atoms with van der Waals surface area (Å²) < 4.78 is 0. The van der Waals surface area contributed by atoms with Crippen LogP contribution in [0.5, 0.6) is 0 Å². The van der Waals surface area contributed by atoms with Crippen molar-refractivity contribution in [1.82, 2.24) is 0 Å². The van der Waals surface area contributed by atoms with Crippen molar-refractivity contribution in [1.29, 1.82) is 0 Å². The van der Waals surface area contributed by atoms with Gasteiger partial charge in [-0.15, -0.1) is 5.73 Å². The number of halogens is 2. The van der Waals surface area contributed by atoms with Crippen LogP contribution in [-0.2, 0) is 0 Å². The maximum atomic E-state index is 2.99. The molecule has 0 amide bonds. The van der Waals surface area contributed by atoms with Crippen LogP contribution in [0.15, 0.2) is 29.5 Å². The van der Waals surface area contributed by atoms with E-state index in [0.717, 1.165) is 0 Å². The first-order chi connectivity index (χ1) is 4.30. The van der Waals surface area contributed by atoms with Gasteiger partial charge in [-0.05, 0) is 18.1 Å². The molecule has 0 atom stereocenters. The predicted molar refractivity (Wildman–Crippen MR) is 52.4 cm³/mol. The van der Waals surface area contributed by atoms with Gasteiger partial charge in [0.1, 0.15) is 0 Å². The second kappa shape index (κ2) is 12.6. The summed E-state index contributed by atoms with van der Waals surface area (Å²) >= 11 is 0. The molecule has 0 nitrogen and oxygen atoms in total. The number of rotatable bonds is 1. The smallest absolute Gasteiger partial charge is 1.00 e. The summed E-state index contributed by atoms with van der Waals surface area (Å²) in [6, 6.07) is 0. The average Bonchev–Trinajstić information content (AvgIpc) is 1.90. The minimum atomic E-state index is 0. The molecule has 0 saturated heterocycles. The van der Waals surface area contributed by atoms with Gasteiger partial charge in [-0.2, -0.15) is 0 Å². The van der Waals surface area contributed by atoms with Crippen LogP contribution in [-0.4, -0.2) is 23.9 Å². The Morgan fingerprint density at radius 1 is 1.15 bits per heavy atom. The van der Waals surface area contributed by atoms with E-state index < -0.39 is 0 Å². The molecule has 0 aliphatic heterocycles. The Morgan fingerprint density at radius 3 is 1.92 bits per heavy atom. The monoisotopic (exact) mass is 325 g/mol. The Kier molecular flexibility index (Phi) is 22.8. The van der Waals surface area contributed by atoms with Gasteiger partial charge in [-0.25, -0.2) is 0 Å². The zero-order chi connectivity index (χ0) is 6.69. The Bertz CT molecular complexity index is 189. The zero-order valence-electron chi connectivity index (χ0n) is 7.14. The van der Waals surface area contributed by atoms with Crippen molar-refractivity contribution >= 4 is 23.9 Å². The first-order valence-corrected chi connectivity index (χ1v) is 3.26. The molecule has 3 heteroatoms. The molecule has 0 bridgehead atoms. The molecule has 3 radical (unpaired) electrons. The van der Waals surface area contributed by atoms with Crippen LogP contribution in [0.2, 0.25) is 0 Å². The minimum Gasteiger partial charge on any atom is -1.00 e. The maximum absolute atomic E-state index is 2.99. The van der Waals surface area contributed by atoms with E-state index in [2.05, 4.69) is 32.1 Å². The summed E-state index contributed by atoms with van der Waals surface area (Å²) in [6.07, 6.45) is 8.11.